The van der Waals surface area contributed by atoms with Gasteiger partial charge in [-0.25, -0.2) is 0 Å². The van der Waals surface area contributed by atoms with E-state index in [1.807, 2.05) is 12.1 Å². The van der Waals surface area contributed by atoms with E-state index in [2.05, 4.69) is 17.3 Å². The monoisotopic (exact) mass is 337 g/mol. The van der Waals surface area contributed by atoms with Crippen LogP contribution in [0.5, 0.6) is 0 Å². The lowest BCUT2D eigenvalue weighted by Gasteiger charge is -2.35. The van der Waals surface area contributed by atoms with Gasteiger partial charge in [0.05, 0.1) is 6.54 Å². The van der Waals surface area contributed by atoms with Crippen LogP contribution in [0.3, 0.4) is 0 Å². The summed E-state index contributed by atoms with van der Waals surface area (Å²) in [5.41, 5.74) is 2.50. The number of amides is 2. The van der Waals surface area contributed by atoms with Gasteiger partial charge in [0.25, 0.3) is 5.91 Å². The maximum Gasteiger partial charge on any atom is 0.254 e. The van der Waals surface area contributed by atoms with Crippen LogP contribution in [-0.2, 0) is 10.2 Å². The first-order valence-corrected chi connectivity index (χ1v) is 9.14. The van der Waals surface area contributed by atoms with E-state index < -0.39 is 0 Å². The van der Waals surface area contributed by atoms with Gasteiger partial charge in [-0.3, -0.25) is 9.59 Å². The van der Waals surface area contributed by atoms with E-state index in [9.17, 15) is 9.59 Å². The summed E-state index contributed by atoms with van der Waals surface area (Å²) in [5.74, 6) is -0.105. The number of carbonyl (C=O) groups excluding carboxylic acids is 2. The number of rotatable bonds is 3. The molecule has 1 saturated heterocycles. The van der Waals surface area contributed by atoms with Crippen LogP contribution >= 0.6 is 0 Å². The number of carbonyl (C=O) groups is 2. The van der Waals surface area contributed by atoms with Crippen molar-refractivity contribution in [1.29, 1.82) is 0 Å². The molecular weight excluding hydrogens is 313 g/mol. The average Bonchev–Trinajstić information content (AvgIpc) is 3.33. The highest BCUT2D eigenvalue weighted by atomic mass is 16.2. The van der Waals surface area contributed by atoms with Crippen molar-refractivity contribution in [3.8, 4) is 0 Å². The third kappa shape index (κ3) is 3.20. The zero-order valence-corrected chi connectivity index (χ0v) is 14.8. The molecule has 0 aromatic heterocycles. The molecule has 0 unspecified atom stereocenters. The van der Waals surface area contributed by atoms with Crippen LogP contribution in [0.2, 0.25) is 0 Å². The molecule has 3 aliphatic rings. The fourth-order valence-corrected chi connectivity index (χ4v) is 4.32. The van der Waals surface area contributed by atoms with Crippen molar-refractivity contribution in [2.24, 2.45) is 0 Å². The van der Waals surface area contributed by atoms with Gasteiger partial charge in [-0.2, -0.15) is 0 Å². The summed E-state index contributed by atoms with van der Waals surface area (Å²) in [6.07, 6.45) is 4.22. The predicted molar refractivity (Wildman–Crippen MR) is 97.3 cm³/mol. The summed E-state index contributed by atoms with van der Waals surface area (Å²) in [4.78, 5) is 29.3. The quantitative estimate of drug-likeness (QED) is 0.801. The predicted octanol–water partition coefficient (Wildman–Crippen LogP) is 0.178. The van der Waals surface area contributed by atoms with Gasteiger partial charge in [0.2, 0.25) is 5.91 Å². The molecule has 5 nitrogen and oxygen atoms in total. The van der Waals surface area contributed by atoms with E-state index in [4.69, 9.17) is 7.85 Å². The molecule has 2 radical (unpaired) electrons. The summed E-state index contributed by atoms with van der Waals surface area (Å²) in [5, 5.41) is 3.10. The minimum Gasteiger partial charge on any atom is -0.351 e. The largest absolute Gasteiger partial charge is 0.351 e. The van der Waals surface area contributed by atoms with Crippen LogP contribution in [0, 0.1) is 0 Å². The molecule has 2 heterocycles. The third-order valence-corrected chi connectivity index (χ3v) is 5.80. The van der Waals surface area contributed by atoms with E-state index in [-0.39, 0.29) is 29.8 Å². The number of nitrogens with zero attached hydrogens (tertiary/aromatic N) is 2. The fraction of sp³-hybridized carbons (Fsp3) is 0.579. The number of hydrogen-bond acceptors (Lipinski definition) is 3. The molecule has 1 aromatic rings. The van der Waals surface area contributed by atoms with Crippen LogP contribution in [-0.4, -0.2) is 68.7 Å². The maximum atomic E-state index is 12.8. The second-order valence-corrected chi connectivity index (χ2v) is 7.92. The number of benzene rings is 1. The van der Waals surface area contributed by atoms with E-state index in [0.29, 0.717) is 17.6 Å². The Morgan fingerprint density at radius 2 is 2.20 bits per heavy atom. The summed E-state index contributed by atoms with van der Waals surface area (Å²) < 4.78 is 0. The zero-order chi connectivity index (χ0) is 17.6. The SMILES string of the molecule is [B]c1ccc2c(c1)C1(CC1)CN(CC(=O)N[C@@H]1CCCN(C)C1)C2=O. The van der Waals surface area contributed by atoms with Crippen molar-refractivity contribution in [3.05, 3.63) is 29.3 Å². The molecule has 1 aromatic carbocycles. The van der Waals surface area contributed by atoms with Crippen molar-refractivity contribution in [2.45, 2.75) is 37.1 Å². The van der Waals surface area contributed by atoms with Crippen molar-refractivity contribution in [3.63, 3.8) is 0 Å². The number of nitrogens with one attached hydrogen (secondary N) is 1. The molecular formula is C19H24BN3O2. The highest BCUT2D eigenvalue weighted by Gasteiger charge is 2.51. The minimum atomic E-state index is -0.0525. The van der Waals surface area contributed by atoms with Gasteiger partial charge in [-0.15, -0.1) is 0 Å². The van der Waals surface area contributed by atoms with Crippen LogP contribution in [0.25, 0.3) is 0 Å². The van der Waals surface area contributed by atoms with Gasteiger partial charge in [-0.1, -0.05) is 17.6 Å². The molecule has 2 amide bonds. The zero-order valence-electron chi connectivity index (χ0n) is 14.8. The van der Waals surface area contributed by atoms with Gasteiger partial charge < -0.3 is 15.1 Å². The average molecular weight is 337 g/mol. The topological polar surface area (TPSA) is 52.7 Å². The van der Waals surface area contributed by atoms with E-state index in [1.165, 1.54) is 0 Å². The molecule has 1 saturated carbocycles. The first-order chi connectivity index (χ1) is 12.0. The van der Waals surface area contributed by atoms with Crippen molar-refractivity contribution >= 4 is 25.1 Å². The lowest BCUT2D eigenvalue weighted by molar-refractivity contribution is -0.123. The van der Waals surface area contributed by atoms with E-state index in [0.717, 1.165) is 44.3 Å². The highest BCUT2D eigenvalue weighted by molar-refractivity contribution is 6.32. The Morgan fingerprint density at radius 1 is 1.40 bits per heavy atom. The van der Waals surface area contributed by atoms with Crippen molar-refractivity contribution in [1.82, 2.24) is 15.1 Å². The molecule has 2 fully saturated rings. The molecule has 4 rings (SSSR count). The Morgan fingerprint density at radius 3 is 2.92 bits per heavy atom. The van der Waals surface area contributed by atoms with Crippen molar-refractivity contribution < 1.29 is 9.59 Å². The lowest BCUT2D eigenvalue weighted by Crippen LogP contribution is -2.52. The van der Waals surface area contributed by atoms with Gasteiger partial charge in [0, 0.05) is 30.1 Å². The minimum absolute atomic E-state index is 0.0178. The molecule has 25 heavy (non-hydrogen) atoms. The highest BCUT2D eigenvalue weighted by Crippen LogP contribution is 2.51. The standard InChI is InChI=1S/C19H24BN3O2/c1-22-8-2-3-14(10-22)21-17(24)11-23-12-19(6-7-19)16-9-13(20)4-5-15(16)18(23)25/h4-5,9,14H,2-3,6-8,10-12H2,1H3,(H,21,24)/t14-/m1/s1. The fourth-order valence-electron chi connectivity index (χ4n) is 4.32. The summed E-state index contributed by atoms with van der Waals surface area (Å²) in [6.45, 7) is 2.73. The number of fused-ring (bicyclic) bond motifs is 2. The third-order valence-electron chi connectivity index (χ3n) is 5.80. The van der Waals surface area contributed by atoms with Gasteiger partial charge in [-0.05, 0) is 50.9 Å². The molecule has 0 bridgehead atoms. The summed E-state index contributed by atoms with van der Waals surface area (Å²) in [6, 6.07) is 5.71. The number of piperidine rings is 1. The van der Waals surface area contributed by atoms with Gasteiger partial charge >= 0.3 is 0 Å². The summed E-state index contributed by atoms with van der Waals surface area (Å²) >= 11 is 0. The number of likely N-dealkylation sites (N-methyl/N-ethyl adjacent to an activating group) is 1. The normalized spacial score (nSPS) is 24.9. The Kier molecular flexibility index (Phi) is 4.10. The van der Waals surface area contributed by atoms with Crippen LogP contribution in [0.1, 0.15) is 41.6 Å². The van der Waals surface area contributed by atoms with E-state index >= 15 is 0 Å². The smallest absolute Gasteiger partial charge is 0.254 e. The first-order valence-electron chi connectivity index (χ1n) is 9.14. The molecule has 1 atom stereocenters. The maximum absolute atomic E-state index is 12.8. The first kappa shape index (κ1) is 16.6. The number of hydrogen-bond donors (Lipinski definition) is 1. The second-order valence-electron chi connectivity index (χ2n) is 7.92. The molecule has 1 aliphatic carbocycles. The molecule has 1 spiro atoms. The molecule has 1 N–H and O–H groups in total. The van der Waals surface area contributed by atoms with Crippen LogP contribution < -0.4 is 10.8 Å². The lowest BCUT2D eigenvalue weighted by atomic mass is 9.82. The molecule has 130 valence electrons. The Bertz CT molecular complexity index is 717. The molecule has 6 heteroatoms. The summed E-state index contributed by atoms with van der Waals surface area (Å²) in [7, 11) is 7.99. The van der Waals surface area contributed by atoms with Gasteiger partial charge in [0.1, 0.15) is 7.85 Å². The Balaban J connectivity index is 1.46. The number of likely N-dealkylation sites (tertiary alicyclic amines) is 1. The van der Waals surface area contributed by atoms with Crippen LogP contribution in [0.4, 0.5) is 0 Å². The van der Waals surface area contributed by atoms with Gasteiger partial charge in [0.15, 0.2) is 0 Å². The van der Waals surface area contributed by atoms with E-state index in [1.54, 1.807) is 11.0 Å². The Hall–Kier alpha value is -1.82. The van der Waals surface area contributed by atoms with Crippen molar-refractivity contribution in [2.75, 3.05) is 33.2 Å². The Labute approximate surface area is 150 Å². The second kappa shape index (κ2) is 6.17. The molecule has 2 aliphatic heterocycles. The van der Waals surface area contributed by atoms with Crippen LogP contribution in [0.15, 0.2) is 18.2 Å².